The fraction of sp³-hybridized carbons (Fsp3) is 0.182. The first-order chi connectivity index (χ1) is 13.9. The number of nitrogens with one attached hydrogen (secondary N) is 1. The van der Waals surface area contributed by atoms with Gasteiger partial charge in [-0.3, -0.25) is 13.9 Å². The van der Waals surface area contributed by atoms with E-state index >= 15 is 0 Å². The van der Waals surface area contributed by atoms with Gasteiger partial charge >= 0.3 is 0 Å². The molecule has 0 saturated carbocycles. The summed E-state index contributed by atoms with van der Waals surface area (Å²) in [5.74, 6) is -0.299. The van der Waals surface area contributed by atoms with Crippen molar-refractivity contribution in [2.45, 2.75) is 24.7 Å². The van der Waals surface area contributed by atoms with Crippen molar-refractivity contribution in [2.75, 3.05) is 16.2 Å². The highest BCUT2D eigenvalue weighted by molar-refractivity contribution is 7.93. The number of amides is 1. The SMILES string of the molecule is CC(=O)c1cccc(NC(=O)CCCN2c3cccc4cccc(c34)S2(=O)=O)c1. The van der Waals surface area contributed by atoms with Crippen LogP contribution in [-0.2, 0) is 14.8 Å². The molecule has 4 rings (SSSR count). The Morgan fingerprint density at radius 1 is 1.00 bits per heavy atom. The number of nitrogens with zero attached hydrogens (tertiary/aromatic N) is 1. The maximum absolute atomic E-state index is 12.9. The standard InChI is InChI=1S/C22H20N2O4S/c1-15(25)17-8-2-9-18(14-17)23-21(26)12-5-13-24-19-10-3-6-16-7-4-11-20(22(16)19)29(24,27)28/h2-4,6-11,14H,5,12-13H2,1H3,(H,23,26). The van der Waals surface area contributed by atoms with Crippen LogP contribution in [0.15, 0.2) is 65.6 Å². The summed E-state index contributed by atoms with van der Waals surface area (Å²) in [6.45, 7) is 1.69. The van der Waals surface area contributed by atoms with E-state index in [-0.39, 0.29) is 24.7 Å². The van der Waals surface area contributed by atoms with E-state index in [1.165, 1.54) is 11.2 Å². The molecular weight excluding hydrogens is 388 g/mol. The summed E-state index contributed by atoms with van der Waals surface area (Å²) < 4.78 is 27.2. The smallest absolute Gasteiger partial charge is 0.265 e. The Morgan fingerprint density at radius 2 is 1.72 bits per heavy atom. The lowest BCUT2D eigenvalue weighted by Gasteiger charge is -2.18. The van der Waals surface area contributed by atoms with E-state index in [0.29, 0.717) is 28.3 Å². The molecule has 1 aliphatic rings. The predicted molar refractivity (Wildman–Crippen MR) is 113 cm³/mol. The van der Waals surface area contributed by atoms with E-state index in [4.69, 9.17) is 0 Å². The van der Waals surface area contributed by atoms with Gasteiger partial charge in [-0.2, -0.15) is 0 Å². The molecular formula is C22H20N2O4S. The molecule has 1 N–H and O–H groups in total. The Morgan fingerprint density at radius 3 is 2.48 bits per heavy atom. The minimum atomic E-state index is -3.61. The van der Waals surface area contributed by atoms with Crippen LogP contribution in [0.25, 0.3) is 10.8 Å². The molecule has 0 aromatic heterocycles. The molecule has 29 heavy (non-hydrogen) atoms. The Balaban J connectivity index is 1.44. The lowest BCUT2D eigenvalue weighted by molar-refractivity contribution is -0.116. The van der Waals surface area contributed by atoms with E-state index < -0.39 is 10.0 Å². The molecule has 0 saturated heterocycles. The van der Waals surface area contributed by atoms with Crippen molar-refractivity contribution in [1.29, 1.82) is 0 Å². The lowest BCUT2D eigenvalue weighted by Crippen LogP contribution is -2.28. The van der Waals surface area contributed by atoms with Crippen molar-refractivity contribution in [3.8, 4) is 0 Å². The number of sulfonamides is 1. The maximum atomic E-state index is 12.9. The predicted octanol–water partition coefficient (Wildman–Crippen LogP) is 3.97. The molecule has 0 atom stereocenters. The second kappa shape index (κ2) is 7.33. The molecule has 3 aromatic rings. The first-order valence-corrected chi connectivity index (χ1v) is 10.8. The third-order valence-corrected chi connectivity index (χ3v) is 6.85. The summed E-state index contributed by atoms with van der Waals surface area (Å²) in [6, 6.07) is 17.5. The van der Waals surface area contributed by atoms with Gasteiger partial charge in [-0.05, 0) is 43.0 Å². The van der Waals surface area contributed by atoms with Crippen LogP contribution in [0.2, 0.25) is 0 Å². The number of anilines is 2. The summed E-state index contributed by atoms with van der Waals surface area (Å²) in [4.78, 5) is 24.0. The fourth-order valence-electron chi connectivity index (χ4n) is 3.62. The van der Waals surface area contributed by atoms with E-state index in [9.17, 15) is 18.0 Å². The molecule has 148 valence electrons. The van der Waals surface area contributed by atoms with Crippen molar-refractivity contribution >= 4 is 43.9 Å². The molecule has 6 nitrogen and oxygen atoms in total. The van der Waals surface area contributed by atoms with Crippen LogP contribution < -0.4 is 9.62 Å². The third kappa shape index (κ3) is 3.49. The second-order valence-electron chi connectivity index (χ2n) is 7.00. The Hall–Kier alpha value is -3.19. The van der Waals surface area contributed by atoms with Crippen LogP contribution in [0.3, 0.4) is 0 Å². The highest BCUT2D eigenvalue weighted by atomic mass is 32.2. The summed E-state index contributed by atoms with van der Waals surface area (Å²) in [5.41, 5.74) is 1.73. The van der Waals surface area contributed by atoms with Gasteiger partial charge in [0.15, 0.2) is 5.78 Å². The highest BCUT2D eigenvalue weighted by Gasteiger charge is 2.34. The molecule has 0 aliphatic carbocycles. The number of carbonyl (C=O) groups excluding carboxylic acids is 2. The largest absolute Gasteiger partial charge is 0.326 e. The van der Waals surface area contributed by atoms with E-state index in [1.807, 2.05) is 18.2 Å². The number of rotatable bonds is 6. The van der Waals surface area contributed by atoms with Crippen LogP contribution in [0.4, 0.5) is 11.4 Å². The van der Waals surface area contributed by atoms with Crippen LogP contribution in [0.5, 0.6) is 0 Å². The first kappa shape index (κ1) is 19.1. The number of hydrogen-bond donors (Lipinski definition) is 1. The number of carbonyl (C=O) groups is 2. The summed E-state index contributed by atoms with van der Waals surface area (Å²) >= 11 is 0. The molecule has 1 heterocycles. The highest BCUT2D eigenvalue weighted by Crippen LogP contribution is 2.41. The average molecular weight is 408 g/mol. The van der Waals surface area contributed by atoms with E-state index in [1.54, 1.807) is 42.5 Å². The fourth-order valence-corrected chi connectivity index (χ4v) is 5.37. The Kier molecular flexibility index (Phi) is 4.84. The van der Waals surface area contributed by atoms with Gasteiger partial charge in [0.1, 0.15) is 0 Å². The van der Waals surface area contributed by atoms with Crippen LogP contribution in [0.1, 0.15) is 30.1 Å². The van der Waals surface area contributed by atoms with Gasteiger partial charge in [-0.25, -0.2) is 8.42 Å². The molecule has 1 amide bonds. The van der Waals surface area contributed by atoms with Gasteiger partial charge in [-0.15, -0.1) is 0 Å². The minimum Gasteiger partial charge on any atom is -0.326 e. The monoisotopic (exact) mass is 408 g/mol. The minimum absolute atomic E-state index is 0.0749. The van der Waals surface area contributed by atoms with Crippen molar-refractivity contribution < 1.29 is 18.0 Å². The topological polar surface area (TPSA) is 83.6 Å². The summed E-state index contributed by atoms with van der Waals surface area (Å²) in [7, 11) is -3.61. The normalized spacial score (nSPS) is 14.2. The quantitative estimate of drug-likeness (QED) is 0.626. The van der Waals surface area contributed by atoms with Crippen molar-refractivity contribution in [2.24, 2.45) is 0 Å². The van der Waals surface area contributed by atoms with Crippen LogP contribution in [0, 0.1) is 0 Å². The molecule has 0 fully saturated rings. The van der Waals surface area contributed by atoms with Gasteiger partial charge in [-0.1, -0.05) is 36.4 Å². The van der Waals surface area contributed by atoms with Crippen LogP contribution in [-0.4, -0.2) is 26.7 Å². The van der Waals surface area contributed by atoms with Crippen molar-refractivity contribution in [1.82, 2.24) is 0 Å². The Bertz CT molecular complexity index is 1230. The second-order valence-corrected chi connectivity index (χ2v) is 8.83. The van der Waals surface area contributed by atoms with Gasteiger partial charge in [0.2, 0.25) is 5.91 Å². The van der Waals surface area contributed by atoms with E-state index in [0.717, 1.165) is 10.8 Å². The zero-order chi connectivity index (χ0) is 20.6. The van der Waals surface area contributed by atoms with Gasteiger partial charge in [0.05, 0.1) is 10.6 Å². The van der Waals surface area contributed by atoms with Crippen molar-refractivity contribution in [3.63, 3.8) is 0 Å². The molecule has 3 aromatic carbocycles. The van der Waals surface area contributed by atoms with Gasteiger partial charge in [0.25, 0.3) is 10.0 Å². The van der Waals surface area contributed by atoms with Crippen molar-refractivity contribution in [3.05, 3.63) is 66.2 Å². The third-order valence-electron chi connectivity index (χ3n) is 5.00. The maximum Gasteiger partial charge on any atom is 0.265 e. The molecule has 0 unspecified atom stereocenters. The average Bonchev–Trinajstić information content (AvgIpc) is 2.91. The van der Waals surface area contributed by atoms with Gasteiger partial charge < -0.3 is 5.32 Å². The zero-order valence-corrected chi connectivity index (χ0v) is 16.7. The molecule has 0 bridgehead atoms. The lowest BCUT2D eigenvalue weighted by atomic mass is 10.1. The zero-order valence-electron chi connectivity index (χ0n) is 15.9. The Labute approximate surface area is 169 Å². The number of ketones is 1. The first-order valence-electron chi connectivity index (χ1n) is 9.33. The van der Waals surface area contributed by atoms with Gasteiger partial charge in [0, 0.05) is 29.6 Å². The molecule has 0 radical (unpaired) electrons. The number of benzene rings is 3. The molecule has 1 aliphatic heterocycles. The number of Topliss-reactive ketones (excluding diaryl/α,β-unsaturated/α-hetero) is 1. The summed E-state index contributed by atoms with van der Waals surface area (Å²) in [5, 5.41) is 4.38. The van der Waals surface area contributed by atoms with Crippen LogP contribution >= 0.6 is 0 Å². The molecule has 0 spiro atoms. The summed E-state index contributed by atoms with van der Waals surface area (Å²) in [6.07, 6.45) is 0.546. The molecule has 7 heteroatoms. The van der Waals surface area contributed by atoms with E-state index in [2.05, 4.69) is 5.32 Å². The number of hydrogen-bond acceptors (Lipinski definition) is 4.